The van der Waals surface area contributed by atoms with Gasteiger partial charge in [0.1, 0.15) is 5.03 Å². The minimum Gasteiger partial charge on any atom is -0.356 e. The standard InChI is InChI=1S/C23H36N4O2S/c1-16-11-17(2)14-26(13-16)9-6-8-24-20(28)7-5-10-27-21(29)15-30-23-22(27)18(3)12-19(4)25-23/h12,16-17H,5-11,13-15H2,1-4H3,(H,24,28)/t16-,17-/m1/s1. The lowest BCUT2D eigenvalue weighted by atomic mass is 9.92. The van der Waals surface area contributed by atoms with Crippen molar-refractivity contribution in [2.75, 3.05) is 43.4 Å². The second-order valence-electron chi connectivity index (χ2n) is 9.08. The summed E-state index contributed by atoms with van der Waals surface area (Å²) in [5.74, 6) is 2.14. The summed E-state index contributed by atoms with van der Waals surface area (Å²) >= 11 is 1.51. The second kappa shape index (κ2) is 10.6. The molecule has 1 aromatic heterocycles. The van der Waals surface area contributed by atoms with Gasteiger partial charge in [0, 0.05) is 38.3 Å². The van der Waals surface area contributed by atoms with Crippen LogP contribution >= 0.6 is 11.8 Å². The highest BCUT2D eigenvalue weighted by Crippen LogP contribution is 2.36. The van der Waals surface area contributed by atoms with Crippen molar-refractivity contribution >= 4 is 29.3 Å². The Kier molecular flexibility index (Phi) is 8.17. The Bertz CT molecular complexity index is 760. The largest absolute Gasteiger partial charge is 0.356 e. The molecule has 30 heavy (non-hydrogen) atoms. The van der Waals surface area contributed by atoms with E-state index in [-0.39, 0.29) is 11.8 Å². The first-order chi connectivity index (χ1) is 14.3. The molecule has 0 unspecified atom stereocenters. The first-order valence-corrected chi connectivity index (χ1v) is 12.2. The smallest absolute Gasteiger partial charge is 0.237 e. The molecule has 166 valence electrons. The number of fused-ring (bicyclic) bond motifs is 1. The molecule has 0 radical (unpaired) electrons. The van der Waals surface area contributed by atoms with Crippen molar-refractivity contribution in [2.24, 2.45) is 11.8 Å². The number of pyridine rings is 1. The lowest BCUT2D eigenvalue weighted by Crippen LogP contribution is -2.40. The lowest BCUT2D eigenvalue weighted by Gasteiger charge is -2.34. The zero-order chi connectivity index (χ0) is 21.7. The van der Waals surface area contributed by atoms with Crippen LogP contribution in [0.15, 0.2) is 11.1 Å². The van der Waals surface area contributed by atoms with Crippen LogP contribution in [0.4, 0.5) is 5.69 Å². The van der Waals surface area contributed by atoms with Crippen molar-refractivity contribution in [3.8, 4) is 0 Å². The number of hydrogen-bond donors (Lipinski definition) is 1. The number of carbonyl (C=O) groups excluding carboxylic acids is 2. The number of nitrogens with one attached hydrogen (secondary N) is 1. The predicted octanol–water partition coefficient (Wildman–Crippen LogP) is 3.40. The van der Waals surface area contributed by atoms with Gasteiger partial charge in [0.25, 0.3) is 0 Å². The molecule has 0 bridgehead atoms. The summed E-state index contributed by atoms with van der Waals surface area (Å²) in [6, 6.07) is 2.02. The summed E-state index contributed by atoms with van der Waals surface area (Å²) in [7, 11) is 0. The molecule has 0 spiro atoms. The van der Waals surface area contributed by atoms with E-state index in [9.17, 15) is 9.59 Å². The number of rotatable bonds is 8. The number of amides is 2. The molecule has 2 atom stereocenters. The second-order valence-corrected chi connectivity index (χ2v) is 10.0. The van der Waals surface area contributed by atoms with Gasteiger partial charge in [-0.15, -0.1) is 0 Å². The molecule has 0 aliphatic carbocycles. The van der Waals surface area contributed by atoms with Crippen LogP contribution < -0.4 is 10.2 Å². The van der Waals surface area contributed by atoms with E-state index in [1.165, 1.54) is 31.3 Å². The number of nitrogens with zero attached hydrogens (tertiary/aromatic N) is 3. The maximum absolute atomic E-state index is 12.4. The molecular formula is C23H36N4O2S. The number of aromatic nitrogens is 1. The van der Waals surface area contributed by atoms with E-state index in [4.69, 9.17) is 0 Å². The summed E-state index contributed by atoms with van der Waals surface area (Å²) in [6.07, 6.45) is 3.42. The molecule has 3 rings (SSSR count). The van der Waals surface area contributed by atoms with Crippen molar-refractivity contribution in [1.29, 1.82) is 0 Å². The Labute approximate surface area is 185 Å². The number of hydrogen-bond acceptors (Lipinski definition) is 5. The fourth-order valence-electron chi connectivity index (χ4n) is 4.79. The van der Waals surface area contributed by atoms with Crippen molar-refractivity contribution in [3.63, 3.8) is 0 Å². The van der Waals surface area contributed by atoms with Crippen molar-refractivity contribution in [2.45, 2.75) is 58.4 Å². The van der Waals surface area contributed by atoms with Gasteiger partial charge in [-0.2, -0.15) is 0 Å². The number of thioether (sulfide) groups is 1. The van der Waals surface area contributed by atoms with Crippen LogP contribution in [0.25, 0.3) is 0 Å². The van der Waals surface area contributed by atoms with E-state index in [1.54, 1.807) is 0 Å². The summed E-state index contributed by atoms with van der Waals surface area (Å²) in [6.45, 7) is 13.3. The summed E-state index contributed by atoms with van der Waals surface area (Å²) in [4.78, 5) is 33.6. The van der Waals surface area contributed by atoms with Gasteiger partial charge < -0.3 is 15.1 Å². The van der Waals surface area contributed by atoms with Crippen LogP contribution in [0.3, 0.4) is 0 Å². The number of likely N-dealkylation sites (tertiary alicyclic amines) is 1. The molecular weight excluding hydrogens is 396 g/mol. The monoisotopic (exact) mass is 432 g/mol. The Morgan fingerprint density at radius 2 is 1.93 bits per heavy atom. The lowest BCUT2D eigenvalue weighted by molar-refractivity contribution is -0.121. The van der Waals surface area contributed by atoms with Gasteiger partial charge in [-0.05, 0) is 63.1 Å². The Balaban J connectivity index is 1.38. The van der Waals surface area contributed by atoms with Crippen LogP contribution in [0.2, 0.25) is 0 Å². The first-order valence-electron chi connectivity index (χ1n) is 11.2. The van der Waals surface area contributed by atoms with Gasteiger partial charge >= 0.3 is 0 Å². The van der Waals surface area contributed by atoms with Gasteiger partial charge in [0.2, 0.25) is 11.8 Å². The Morgan fingerprint density at radius 1 is 1.20 bits per heavy atom. The predicted molar refractivity (Wildman–Crippen MR) is 123 cm³/mol. The van der Waals surface area contributed by atoms with Crippen molar-refractivity contribution < 1.29 is 9.59 Å². The third-order valence-corrected chi connectivity index (χ3v) is 6.84. The van der Waals surface area contributed by atoms with Gasteiger partial charge in [-0.1, -0.05) is 25.6 Å². The van der Waals surface area contributed by atoms with Crippen LogP contribution in [0.1, 0.15) is 50.8 Å². The molecule has 3 heterocycles. The Hall–Kier alpha value is -1.60. The molecule has 1 saturated heterocycles. The van der Waals surface area contributed by atoms with Gasteiger partial charge in [-0.3, -0.25) is 9.59 Å². The fraction of sp³-hybridized carbons (Fsp3) is 0.696. The van der Waals surface area contributed by atoms with E-state index >= 15 is 0 Å². The zero-order valence-corrected chi connectivity index (χ0v) is 19.7. The minimum atomic E-state index is 0.0770. The topological polar surface area (TPSA) is 65.5 Å². The zero-order valence-electron chi connectivity index (χ0n) is 18.9. The first kappa shape index (κ1) is 23.1. The molecule has 2 aliphatic heterocycles. The van der Waals surface area contributed by atoms with E-state index in [0.717, 1.165) is 53.3 Å². The fourth-order valence-corrected chi connectivity index (χ4v) is 5.82. The highest BCUT2D eigenvalue weighted by atomic mass is 32.2. The molecule has 2 amide bonds. The molecule has 1 aromatic rings. The van der Waals surface area contributed by atoms with Crippen LogP contribution in [-0.4, -0.2) is 60.2 Å². The van der Waals surface area contributed by atoms with E-state index in [2.05, 4.69) is 29.0 Å². The third kappa shape index (κ3) is 6.20. The van der Waals surface area contributed by atoms with Crippen LogP contribution in [0, 0.1) is 25.7 Å². The molecule has 0 saturated carbocycles. The maximum atomic E-state index is 12.4. The number of carbonyl (C=O) groups is 2. The average molecular weight is 433 g/mol. The van der Waals surface area contributed by atoms with Gasteiger partial charge in [0.15, 0.2) is 0 Å². The quantitative estimate of drug-likeness (QED) is 0.638. The highest BCUT2D eigenvalue weighted by molar-refractivity contribution is 8.00. The van der Waals surface area contributed by atoms with Gasteiger partial charge in [0.05, 0.1) is 11.4 Å². The van der Waals surface area contributed by atoms with E-state index in [1.807, 2.05) is 24.8 Å². The third-order valence-electron chi connectivity index (χ3n) is 5.89. The minimum absolute atomic E-state index is 0.0770. The summed E-state index contributed by atoms with van der Waals surface area (Å²) in [5, 5.41) is 3.97. The SMILES string of the molecule is Cc1cc(C)c2c(n1)SCC(=O)N2CCCC(=O)NCCCN1C[C@H](C)C[C@@H](C)C1. The molecule has 0 aromatic carbocycles. The normalized spacial score (nSPS) is 22.1. The van der Waals surface area contributed by atoms with Crippen LogP contribution in [0.5, 0.6) is 0 Å². The molecule has 1 N–H and O–H groups in total. The Morgan fingerprint density at radius 3 is 2.67 bits per heavy atom. The molecule has 7 heteroatoms. The highest BCUT2D eigenvalue weighted by Gasteiger charge is 2.27. The molecule has 6 nitrogen and oxygen atoms in total. The number of anilines is 1. The van der Waals surface area contributed by atoms with E-state index in [0.29, 0.717) is 25.1 Å². The van der Waals surface area contributed by atoms with E-state index < -0.39 is 0 Å². The van der Waals surface area contributed by atoms with Crippen LogP contribution in [-0.2, 0) is 9.59 Å². The summed E-state index contributed by atoms with van der Waals surface area (Å²) < 4.78 is 0. The van der Waals surface area contributed by atoms with Gasteiger partial charge in [-0.25, -0.2) is 4.98 Å². The number of piperidine rings is 1. The number of aryl methyl sites for hydroxylation is 2. The van der Waals surface area contributed by atoms with Crippen molar-refractivity contribution in [1.82, 2.24) is 15.2 Å². The summed E-state index contributed by atoms with van der Waals surface area (Å²) in [5.41, 5.74) is 2.97. The molecule has 2 aliphatic rings. The maximum Gasteiger partial charge on any atom is 0.237 e. The molecule has 1 fully saturated rings. The van der Waals surface area contributed by atoms with Crippen molar-refractivity contribution in [3.05, 3.63) is 17.3 Å². The average Bonchev–Trinajstić information content (AvgIpc) is 2.66.